The minimum atomic E-state index is -0.160. The van der Waals surface area contributed by atoms with E-state index < -0.39 is 0 Å². The van der Waals surface area contributed by atoms with Gasteiger partial charge in [-0.05, 0) is 36.7 Å². The molecule has 0 saturated carbocycles. The van der Waals surface area contributed by atoms with Gasteiger partial charge < -0.3 is 20.2 Å². The highest BCUT2D eigenvalue weighted by atomic mass is 32.1. The molecule has 2 N–H and O–H groups in total. The first-order chi connectivity index (χ1) is 16.6. The first kappa shape index (κ1) is 22.3. The van der Waals surface area contributed by atoms with E-state index in [4.69, 9.17) is 0 Å². The second-order valence-electron chi connectivity index (χ2n) is 8.32. The number of anilines is 3. The number of nitrogens with one attached hydrogen (secondary N) is 1. The van der Waals surface area contributed by atoms with Crippen molar-refractivity contribution < 1.29 is 5.11 Å². The SMILES string of the molecule is C=CCn1c(=O)c2cnc(Nc3ccc(N4CCN(C)CC4)c(CO)c3)nc2n1-c1ccsc1. The fourth-order valence-electron chi connectivity index (χ4n) is 4.29. The number of rotatable bonds is 7. The largest absolute Gasteiger partial charge is 0.392 e. The maximum absolute atomic E-state index is 13.0. The normalized spacial score (nSPS) is 14.6. The molecule has 1 aliphatic heterocycles. The minimum absolute atomic E-state index is 0.0564. The molecule has 10 heteroatoms. The Hall–Kier alpha value is -3.47. The molecule has 0 radical (unpaired) electrons. The molecular formula is C24H27N7O2S. The van der Waals surface area contributed by atoms with Crippen LogP contribution in [0.1, 0.15) is 5.56 Å². The van der Waals surface area contributed by atoms with E-state index >= 15 is 0 Å². The number of likely N-dealkylation sites (N-methyl/N-ethyl adjacent to an activating group) is 1. The quantitative estimate of drug-likeness (QED) is 0.396. The van der Waals surface area contributed by atoms with Gasteiger partial charge in [-0.1, -0.05) is 6.08 Å². The van der Waals surface area contributed by atoms with Crippen molar-refractivity contribution in [2.24, 2.45) is 0 Å². The van der Waals surface area contributed by atoms with Crippen LogP contribution >= 0.6 is 11.3 Å². The lowest BCUT2D eigenvalue weighted by molar-refractivity contribution is 0.280. The number of fused-ring (bicyclic) bond motifs is 1. The predicted molar refractivity (Wildman–Crippen MR) is 137 cm³/mol. The number of aliphatic hydroxyl groups is 1. The summed E-state index contributed by atoms with van der Waals surface area (Å²) in [5, 5.41) is 17.6. The smallest absolute Gasteiger partial charge is 0.278 e. The molecule has 3 aromatic heterocycles. The van der Waals surface area contributed by atoms with E-state index in [1.54, 1.807) is 33.0 Å². The first-order valence-electron chi connectivity index (χ1n) is 11.2. The highest BCUT2D eigenvalue weighted by Gasteiger charge is 2.19. The lowest BCUT2D eigenvalue weighted by atomic mass is 10.1. The number of nitrogens with zero attached hydrogens (tertiary/aromatic N) is 6. The van der Waals surface area contributed by atoms with Crippen LogP contribution in [0.15, 0.2) is 58.7 Å². The summed E-state index contributed by atoms with van der Waals surface area (Å²) in [4.78, 5) is 26.6. The number of hydrogen-bond acceptors (Lipinski definition) is 8. The van der Waals surface area contributed by atoms with Crippen LogP contribution in [0.2, 0.25) is 0 Å². The lowest BCUT2D eigenvalue weighted by Crippen LogP contribution is -2.44. The molecule has 1 aliphatic rings. The van der Waals surface area contributed by atoms with Crippen LogP contribution in [-0.4, -0.2) is 62.6 Å². The molecule has 4 heterocycles. The minimum Gasteiger partial charge on any atom is -0.392 e. The molecule has 0 atom stereocenters. The topological polar surface area (TPSA) is 91.5 Å². The van der Waals surface area contributed by atoms with Gasteiger partial charge in [0, 0.05) is 54.7 Å². The third-order valence-electron chi connectivity index (χ3n) is 6.08. The molecule has 9 nitrogen and oxygen atoms in total. The van der Waals surface area contributed by atoms with E-state index in [1.807, 2.05) is 35.0 Å². The standard InChI is InChI=1S/C24H27N7O2S/c1-3-7-30-23(33)20-14-25-24(27-22(20)31(30)19-6-12-34-16-19)26-18-4-5-21(17(13-18)15-32)29-10-8-28(2)9-11-29/h3-6,12-14,16,32H,1,7-11,15H2,2H3,(H,25,26,27). The molecule has 0 amide bonds. The van der Waals surface area contributed by atoms with Gasteiger partial charge in [-0.3, -0.25) is 4.79 Å². The highest BCUT2D eigenvalue weighted by Crippen LogP contribution is 2.27. The molecule has 1 aromatic carbocycles. The van der Waals surface area contributed by atoms with Gasteiger partial charge in [0.2, 0.25) is 5.95 Å². The van der Waals surface area contributed by atoms with E-state index in [1.165, 1.54) is 0 Å². The summed E-state index contributed by atoms with van der Waals surface area (Å²) in [6.07, 6.45) is 3.25. The third-order valence-corrected chi connectivity index (χ3v) is 6.75. The number of piperazine rings is 1. The van der Waals surface area contributed by atoms with E-state index in [9.17, 15) is 9.90 Å². The first-order valence-corrected chi connectivity index (χ1v) is 12.1. The molecule has 176 valence electrons. The molecule has 1 saturated heterocycles. The Kier molecular flexibility index (Phi) is 6.18. The van der Waals surface area contributed by atoms with Crippen LogP contribution in [0.25, 0.3) is 16.7 Å². The number of aliphatic hydroxyl groups excluding tert-OH is 1. The van der Waals surface area contributed by atoms with Gasteiger partial charge in [0.25, 0.3) is 5.56 Å². The Balaban J connectivity index is 1.49. The van der Waals surface area contributed by atoms with Crippen LogP contribution in [-0.2, 0) is 13.2 Å². The van der Waals surface area contributed by atoms with Crippen LogP contribution in [0.5, 0.6) is 0 Å². The fourth-order valence-corrected chi connectivity index (χ4v) is 4.91. The van der Waals surface area contributed by atoms with Crippen molar-refractivity contribution in [1.82, 2.24) is 24.2 Å². The third kappa shape index (κ3) is 4.11. The zero-order chi connectivity index (χ0) is 23.7. The van der Waals surface area contributed by atoms with Crippen molar-refractivity contribution in [2.75, 3.05) is 43.4 Å². The average Bonchev–Trinajstić information content (AvgIpc) is 3.47. The van der Waals surface area contributed by atoms with E-state index in [2.05, 4.69) is 38.7 Å². The maximum Gasteiger partial charge on any atom is 0.278 e. The zero-order valence-electron chi connectivity index (χ0n) is 19.0. The maximum atomic E-state index is 13.0. The second-order valence-corrected chi connectivity index (χ2v) is 9.10. The Morgan fingerprint density at radius 1 is 1.24 bits per heavy atom. The summed E-state index contributed by atoms with van der Waals surface area (Å²) in [6, 6.07) is 7.87. The van der Waals surface area contributed by atoms with E-state index in [-0.39, 0.29) is 12.2 Å². The fraction of sp³-hybridized carbons (Fsp3) is 0.292. The molecule has 34 heavy (non-hydrogen) atoms. The summed E-state index contributed by atoms with van der Waals surface area (Å²) in [5.41, 5.74) is 3.90. The Bertz CT molecular complexity index is 1370. The highest BCUT2D eigenvalue weighted by molar-refractivity contribution is 7.08. The van der Waals surface area contributed by atoms with Crippen molar-refractivity contribution in [3.63, 3.8) is 0 Å². The average molecular weight is 478 g/mol. The van der Waals surface area contributed by atoms with Crippen molar-refractivity contribution in [1.29, 1.82) is 0 Å². The van der Waals surface area contributed by atoms with E-state index in [0.29, 0.717) is 23.5 Å². The molecule has 0 aliphatic carbocycles. The van der Waals surface area contributed by atoms with Crippen LogP contribution in [0.3, 0.4) is 0 Å². The Morgan fingerprint density at radius 3 is 2.76 bits per heavy atom. The van der Waals surface area contributed by atoms with Gasteiger partial charge in [-0.25, -0.2) is 14.3 Å². The molecule has 1 fully saturated rings. The lowest BCUT2D eigenvalue weighted by Gasteiger charge is -2.35. The number of benzene rings is 1. The van der Waals surface area contributed by atoms with Gasteiger partial charge in [0.1, 0.15) is 5.39 Å². The van der Waals surface area contributed by atoms with Gasteiger partial charge in [0.15, 0.2) is 5.65 Å². The summed E-state index contributed by atoms with van der Waals surface area (Å²) >= 11 is 1.55. The van der Waals surface area contributed by atoms with Crippen molar-refractivity contribution in [3.8, 4) is 5.69 Å². The molecule has 4 aromatic rings. The van der Waals surface area contributed by atoms with E-state index in [0.717, 1.165) is 48.8 Å². The van der Waals surface area contributed by atoms with Crippen LogP contribution in [0.4, 0.5) is 17.3 Å². The Labute approximate surface area is 201 Å². The zero-order valence-corrected chi connectivity index (χ0v) is 19.8. The number of allylic oxidation sites excluding steroid dienone is 1. The number of aromatic nitrogens is 4. The summed E-state index contributed by atoms with van der Waals surface area (Å²) in [6.45, 7) is 7.93. The number of hydrogen-bond donors (Lipinski definition) is 2. The summed E-state index contributed by atoms with van der Waals surface area (Å²) in [7, 11) is 2.12. The van der Waals surface area contributed by atoms with Crippen molar-refractivity contribution in [3.05, 3.63) is 69.8 Å². The van der Waals surface area contributed by atoms with Gasteiger partial charge in [-0.2, -0.15) is 16.3 Å². The Morgan fingerprint density at radius 2 is 2.06 bits per heavy atom. The summed E-state index contributed by atoms with van der Waals surface area (Å²) in [5.74, 6) is 0.378. The van der Waals surface area contributed by atoms with Gasteiger partial charge in [0.05, 0.1) is 18.8 Å². The number of thiophene rings is 1. The van der Waals surface area contributed by atoms with Gasteiger partial charge >= 0.3 is 0 Å². The monoisotopic (exact) mass is 477 g/mol. The molecule has 0 unspecified atom stereocenters. The molecule has 0 spiro atoms. The van der Waals surface area contributed by atoms with Crippen LogP contribution < -0.4 is 15.8 Å². The molecule has 5 rings (SSSR count). The second kappa shape index (κ2) is 9.41. The van der Waals surface area contributed by atoms with Crippen molar-refractivity contribution >= 4 is 39.7 Å². The van der Waals surface area contributed by atoms with Crippen LogP contribution in [0, 0.1) is 0 Å². The van der Waals surface area contributed by atoms with Gasteiger partial charge in [-0.15, -0.1) is 6.58 Å². The molecule has 0 bridgehead atoms. The molecular weight excluding hydrogens is 450 g/mol. The van der Waals surface area contributed by atoms with Crippen molar-refractivity contribution in [2.45, 2.75) is 13.2 Å². The predicted octanol–water partition coefficient (Wildman–Crippen LogP) is 2.82. The summed E-state index contributed by atoms with van der Waals surface area (Å²) < 4.78 is 3.41.